The van der Waals surface area contributed by atoms with Crippen LogP contribution in [0, 0.1) is 0 Å². The first-order chi connectivity index (χ1) is 20.4. The predicted octanol–water partition coefficient (Wildman–Crippen LogP) is 3.53. The summed E-state index contributed by atoms with van der Waals surface area (Å²) in [5.41, 5.74) is 1.19. The van der Waals surface area contributed by atoms with E-state index in [-0.39, 0.29) is 32.2 Å². The Morgan fingerprint density at radius 3 is 2.38 bits per heavy atom. The summed E-state index contributed by atoms with van der Waals surface area (Å²) in [5, 5.41) is 23.6. The van der Waals surface area contributed by atoms with E-state index in [1.54, 1.807) is 30.2 Å². The maximum Gasteiger partial charge on any atom is 0.247 e. The van der Waals surface area contributed by atoms with Crippen LogP contribution in [0.3, 0.4) is 0 Å². The van der Waals surface area contributed by atoms with Crippen LogP contribution in [0.15, 0.2) is 23.8 Å². The van der Waals surface area contributed by atoms with Crippen LogP contribution in [0.1, 0.15) is 93.0 Å². The largest absolute Gasteiger partial charge is 0.493 e. The minimum atomic E-state index is -1.16. The van der Waals surface area contributed by atoms with Crippen molar-refractivity contribution in [2.75, 3.05) is 40.5 Å². The van der Waals surface area contributed by atoms with Crippen LogP contribution in [0.25, 0.3) is 0 Å². The molecule has 0 saturated heterocycles. The minimum Gasteiger partial charge on any atom is -0.493 e. The van der Waals surface area contributed by atoms with Crippen molar-refractivity contribution in [2.45, 2.75) is 95.3 Å². The average molecular weight is 589 g/mol. The number of fused-ring (bicyclic) bond motifs is 3. The summed E-state index contributed by atoms with van der Waals surface area (Å²) in [6.07, 6.45) is 10.8. The normalized spacial score (nSPS) is 20.6. The molecule has 1 aromatic carbocycles. The van der Waals surface area contributed by atoms with E-state index < -0.39 is 30.1 Å². The van der Waals surface area contributed by atoms with E-state index in [0.29, 0.717) is 40.9 Å². The number of hydrogen-bond acceptors (Lipinski definition) is 8. The number of benzene rings is 1. The first kappa shape index (κ1) is 33.6. The van der Waals surface area contributed by atoms with E-state index in [1.807, 2.05) is 0 Å². The van der Waals surface area contributed by atoms with Gasteiger partial charge in [-0.2, -0.15) is 0 Å². The summed E-state index contributed by atoms with van der Waals surface area (Å²) in [6, 6.07) is 2.34. The molecule has 0 aromatic heterocycles. The van der Waals surface area contributed by atoms with E-state index in [4.69, 9.17) is 14.2 Å². The zero-order valence-electron chi connectivity index (χ0n) is 25.3. The first-order valence-electron chi connectivity index (χ1n) is 15.3. The highest BCUT2D eigenvalue weighted by Crippen LogP contribution is 2.51. The topological polar surface area (TPSA) is 135 Å². The SMILES string of the molecule is CCCCCCCCCCCC(=O)N(CCOC)C1C=C(C(=O)NCCO)C2c3cc(C=O)cc(OC)c3OC2C1O. The highest BCUT2D eigenvalue weighted by atomic mass is 16.5. The molecule has 1 aliphatic carbocycles. The molecule has 2 amide bonds. The van der Waals surface area contributed by atoms with Gasteiger partial charge in [-0.25, -0.2) is 0 Å². The molecule has 0 saturated carbocycles. The average Bonchev–Trinajstić information content (AvgIpc) is 3.39. The molecule has 42 heavy (non-hydrogen) atoms. The van der Waals surface area contributed by atoms with E-state index in [2.05, 4.69) is 12.2 Å². The van der Waals surface area contributed by atoms with Crippen LogP contribution in [0.4, 0.5) is 0 Å². The third-order valence-electron chi connectivity index (χ3n) is 8.12. The van der Waals surface area contributed by atoms with Gasteiger partial charge in [0, 0.05) is 43.3 Å². The molecule has 0 radical (unpaired) electrons. The maximum absolute atomic E-state index is 13.5. The Kier molecular flexibility index (Phi) is 13.8. The van der Waals surface area contributed by atoms with Gasteiger partial charge < -0.3 is 34.6 Å². The van der Waals surface area contributed by atoms with Gasteiger partial charge in [0.25, 0.3) is 0 Å². The smallest absolute Gasteiger partial charge is 0.247 e. The van der Waals surface area contributed by atoms with E-state index in [9.17, 15) is 24.6 Å². The van der Waals surface area contributed by atoms with Crippen molar-refractivity contribution < 1.29 is 38.8 Å². The fourth-order valence-corrected chi connectivity index (χ4v) is 5.92. The number of nitrogens with one attached hydrogen (secondary N) is 1. The van der Waals surface area contributed by atoms with Crippen LogP contribution >= 0.6 is 0 Å². The molecule has 0 spiro atoms. The number of aldehydes is 1. The number of carbonyl (C=O) groups is 3. The second kappa shape index (κ2) is 17.2. The molecule has 4 unspecified atom stereocenters. The number of hydrogen-bond donors (Lipinski definition) is 3. The maximum atomic E-state index is 13.5. The Balaban J connectivity index is 1.82. The molecule has 3 rings (SSSR count). The molecule has 1 heterocycles. The third-order valence-corrected chi connectivity index (χ3v) is 8.12. The quantitative estimate of drug-likeness (QED) is 0.165. The van der Waals surface area contributed by atoms with Crippen molar-refractivity contribution in [3.05, 3.63) is 34.9 Å². The first-order valence-corrected chi connectivity index (χ1v) is 15.3. The highest BCUT2D eigenvalue weighted by molar-refractivity contribution is 5.96. The standard InChI is InChI=1S/C32H48N2O8/c1-4-5-6-7-8-9-10-11-12-13-27(37)34(15-17-40-2)25-20-24(32(39)33-14-16-35)28-23-18-22(21-36)19-26(41-3)30(23)42-31(28)29(25)38/h18-21,25,28-29,31,35,38H,4-17H2,1-3H3,(H,33,39). The lowest BCUT2D eigenvalue weighted by Gasteiger charge is -2.40. The molecular weight excluding hydrogens is 540 g/mol. The van der Waals surface area contributed by atoms with E-state index in [0.717, 1.165) is 25.7 Å². The van der Waals surface area contributed by atoms with Gasteiger partial charge in [-0.05, 0) is 24.6 Å². The Morgan fingerprint density at radius 2 is 1.76 bits per heavy atom. The molecule has 0 bridgehead atoms. The summed E-state index contributed by atoms with van der Waals surface area (Å²) in [5.74, 6) is -0.597. The van der Waals surface area contributed by atoms with Crippen molar-refractivity contribution in [1.29, 1.82) is 0 Å². The summed E-state index contributed by atoms with van der Waals surface area (Å²) < 4.78 is 17.0. The number of rotatable bonds is 19. The Labute approximate surface area is 249 Å². The minimum absolute atomic E-state index is 0.0388. The van der Waals surface area contributed by atoms with Gasteiger partial charge in [0.2, 0.25) is 11.8 Å². The molecule has 1 aromatic rings. The van der Waals surface area contributed by atoms with Crippen LogP contribution < -0.4 is 14.8 Å². The second-order valence-electron chi connectivity index (χ2n) is 11.1. The molecule has 10 heteroatoms. The number of amides is 2. The molecule has 10 nitrogen and oxygen atoms in total. The number of ether oxygens (including phenoxy) is 3. The lowest BCUT2D eigenvalue weighted by molar-refractivity contribution is -0.138. The number of carbonyl (C=O) groups excluding carboxylic acids is 3. The van der Waals surface area contributed by atoms with Crippen LogP contribution in [0.2, 0.25) is 0 Å². The number of unbranched alkanes of at least 4 members (excludes halogenated alkanes) is 8. The zero-order valence-corrected chi connectivity index (χ0v) is 25.3. The second-order valence-corrected chi connectivity index (χ2v) is 11.1. The van der Waals surface area contributed by atoms with Gasteiger partial charge in [-0.15, -0.1) is 0 Å². The van der Waals surface area contributed by atoms with Crippen molar-refractivity contribution in [1.82, 2.24) is 10.2 Å². The van der Waals surface area contributed by atoms with Crippen LogP contribution in [0.5, 0.6) is 11.5 Å². The lowest BCUT2D eigenvalue weighted by atomic mass is 9.77. The summed E-state index contributed by atoms with van der Waals surface area (Å²) in [7, 11) is 3.00. The molecule has 3 N–H and O–H groups in total. The summed E-state index contributed by atoms with van der Waals surface area (Å²) in [4.78, 5) is 40.1. The van der Waals surface area contributed by atoms with Crippen molar-refractivity contribution in [2.24, 2.45) is 0 Å². The Hall–Kier alpha value is -2.95. The summed E-state index contributed by atoms with van der Waals surface area (Å²) in [6.45, 7) is 2.50. The van der Waals surface area contributed by atoms with Crippen molar-refractivity contribution >= 4 is 18.1 Å². The molecule has 1 aliphatic heterocycles. The lowest BCUT2D eigenvalue weighted by Crippen LogP contribution is -2.56. The molecule has 0 fully saturated rings. The zero-order chi connectivity index (χ0) is 30.5. The van der Waals surface area contributed by atoms with Crippen molar-refractivity contribution in [3.8, 4) is 11.5 Å². The van der Waals surface area contributed by atoms with Crippen molar-refractivity contribution in [3.63, 3.8) is 0 Å². The molecular formula is C32H48N2O8. The molecule has 234 valence electrons. The van der Waals surface area contributed by atoms with Gasteiger partial charge in [-0.1, -0.05) is 58.3 Å². The predicted molar refractivity (Wildman–Crippen MR) is 159 cm³/mol. The van der Waals surface area contributed by atoms with Gasteiger partial charge in [0.15, 0.2) is 11.5 Å². The monoisotopic (exact) mass is 588 g/mol. The number of aliphatic hydroxyl groups is 2. The number of nitrogens with zero attached hydrogens (tertiary/aromatic N) is 1. The molecule has 2 aliphatic rings. The van der Waals surface area contributed by atoms with Crippen LogP contribution in [-0.2, 0) is 14.3 Å². The van der Waals surface area contributed by atoms with E-state index >= 15 is 0 Å². The molecule has 4 atom stereocenters. The summed E-state index contributed by atoms with van der Waals surface area (Å²) >= 11 is 0. The van der Waals surface area contributed by atoms with Gasteiger partial charge in [0.1, 0.15) is 18.5 Å². The number of methoxy groups -OCH3 is 2. The fourth-order valence-electron chi connectivity index (χ4n) is 5.92. The van der Waals surface area contributed by atoms with E-state index in [1.165, 1.54) is 39.2 Å². The Bertz CT molecular complexity index is 1070. The number of aliphatic hydroxyl groups excluding tert-OH is 2. The fraction of sp³-hybridized carbons (Fsp3) is 0.656. The Morgan fingerprint density at radius 1 is 1.07 bits per heavy atom. The van der Waals surface area contributed by atoms with Gasteiger partial charge in [-0.3, -0.25) is 14.4 Å². The highest BCUT2D eigenvalue weighted by Gasteiger charge is 2.51. The third kappa shape index (κ3) is 8.33. The van der Waals surface area contributed by atoms with Crippen LogP contribution in [-0.4, -0.2) is 92.0 Å². The van der Waals surface area contributed by atoms with Gasteiger partial charge in [0.05, 0.1) is 32.3 Å². The van der Waals surface area contributed by atoms with Gasteiger partial charge >= 0.3 is 0 Å².